The average molecular weight is 313 g/mol. The minimum Gasteiger partial charge on any atom is -0.270 e. The minimum atomic E-state index is -0.344. The lowest BCUT2D eigenvalue weighted by atomic mass is 10.1. The summed E-state index contributed by atoms with van der Waals surface area (Å²) in [6.07, 6.45) is 1.93. The van der Waals surface area contributed by atoms with E-state index < -0.39 is 0 Å². The molecule has 0 radical (unpaired) electrons. The second kappa shape index (κ2) is 5.82. The van der Waals surface area contributed by atoms with Crippen LogP contribution in [0.1, 0.15) is 26.3 Å². The fourth-order valence-electron chi connectivity index (χ4n) is 2.42. The molecule has 2 amide bonds. The first-order valence-corrected chi connectivity index (χ1v) is 8.32. The van der Waals surface area contributed by atoms with Gasteiger partial charge >= 0.3 is 0 Å². The third-order valence-corrected chi connectivity index (χ3v) is 4.91. The molecule has 112 valence electrons. The van der Waals surface area contributed by atoms with Crippen molar-refractivity contribution in [3.8, 4) is 0 Å². The minimum absolute atomic E-state index is 0.239. The van der Waals surface area contributed by atoms with Crippen LogP contribution in [0, 0.1) is 0 Å². The van der Waals surface area contributed by atoms with E-state index in [0.29, 0.717) is 11.1 Å². The Kier molecular flexibility index (Phi) is 3.87. The zero-order valence-electron chi connectivity index (χ0n) is 12.0. The second-order valence-corrected chi connectivity index (χ2v) is 6.61. The summed E-state index contributed by atoms with van der Waals surface area (Å²) in [7, 11) is -0.344. The highest BCUT2D eigenvalue weighted by atomic mass is 32.2. The molecule has 0 aromatic heterocycles. The van der Waals surface area contributed by atoms with Crippen LogP contribution in [-0.4, -0.2) is 23.0 Å². The van der Waals surface area contributed by atoms with Gasteiger partial charge in [-0.2, -0.15) is 4.47 Å². The van der Waals surface area contributed by atoms with Gasteiger partial charge in [-0.05, 0) is 36.1 Å². The van der Waals surface area contributed by atoms with Crippen molar-refractivity contribution in [2.45, 2.75) is 11.4 Å². The predicted molar refractivity (Wildman–Crippen MR) is 85.3 cm³/mol. The van der Waals surface area contributed by atoms with Crippen LogP contribution < -0.4 is 5.84 Å². The Balaban J connectivity index is 1.83. The number of hydrogen-bond acceptors (Lipinski definition) is 3. The molecule has 22 heavy (non-hydrogen) atoms. The van der Waals surface area contributed by atoms with Crippen molar-refractivity contribution in [2.75, 3.05) is 6.26 Å². The summed E-state index contributed by atoms with van der Waals surface area (Å²) in [4.78, 5) is 26.9. The molecular formula is C16H15N3O2S. The molecule has 0 fully saturated rings. The number of carbonyl (C=O) groups excluding carboxylic acids is 2. The predicted octanol–water partition coefficient (Wildman–Crippen LogP) is 2.15. The van der Waals surface area contributed by atoms with Gasteiger partial charge in [-0.1, -0.05) is 35.0 Å². The quantitative estimate of drug-likeness (QED) is 0.536. The fraction of sp³-hybridized carbons (Fsp3) is 0.125. The van der Waals surface area contributed by atoms with Crippen molar-refractivity contribution >= 4 is 22.5 Å². The van der Waals surface area contributed by atoms with Gasteiger partial charge in [0.15, 0.2) is 0 Å². The topological polar surface area (TPSA) is 75.8 Å². The first kappa shape index (κ1) is 14.6. The average Bonchev–Trinajstić information content (AvgIpc) is 2.80. The lowest BCUT2D eigenvalue weighted by Gasteiger charge is -2.14. The molecule has 2 aromatic carbocycles. The number of fused-ring (bicyclic) bond motifs is 1. The molecular weight excluding hydrogens is 298 g/mol. The summed E-state index contributed by atoms with van der Waals surface area (Å²) in [5.41, 5.74) is 1.84. The molecule has 5 nitrogen and oxygen atoms in total. The Morgan fingerprint density at radius 2 is 1.55 bits per heavy atom. The van der Waals surface area contributed by atoms with Crippen LogP contribution in [0.3, 0.4) is 0 Å². The van der Waals surface area contributed by atoms with Gasteiger partial charge in [0.1, 0.15) is 0 Å². The number of imide groups is 1. The number of carbonyl (C=O) groups is 2. The monoisotopic (exact) mass is 313 g/mol. The van der Waals surface area contributed by atoms with Crippen molar-refractivity contribution in [3.63, 3.8) is 0 Å². The Bertz CT molecular complexity index is 749. The van der Waals surface area contributed by atoms with Crippen LogP contribution >= 0.6 is 0 Å². The smallest absolute Gasteiger partial charge is 0.261 e. The van der Waals surface area contributed by atoms with Crippen LogP contribution in [0.2, 0.25) is 0 Å². The molecule has 1 atom stereocenters. The normalized spacial score (nSPS) is 15.3. The number of hydrogen-bond donors (Lipinski definition) is 1. The molecule has 3 rings (SSSR count). The number of amides is 2. The van der Waals surface area contributed by atoms with Crippen molar-refractivity contribution in [1.29, 1.82) is 0 Å². The van der Waals surface area contributed by atoms with Crippen LogP contribution in [-0.2, 0) is 17.2 Å². The summed E-state index contributed by atoms with van der Waals surface area (Å²) in [6.45, 7) is 0.268. The molecule has 0 saturated heterocycles. The van der Waals surface area contributed by atoms with E-state index in [0.717, 1.165) is 10.5 Å². The van der Waals surface area contributed by atoms with Gasteiger partial charge in [-0.3, -0.25) is 14.5 Å². The van der Waals surface area contributed by atoms with Gasteiger partial charge in [0.2, 0.25) is 0 Å². The van der Waals surface area contributed by atoms with E-state index in [1.807, 2.05) is 30.5 Å². The number of nitrogens with two attached hydrogens (primary N) is 1. The van der Waals surface area contributed by atoms with Crippen LogP contribution in [0.5, 0.6) is 0 Å². The molecule has 0 spiro atoms. The summed E-state index contributed by atoms with van der Waals surface area (Å²) >= 11 is 0. The molecule has 1 aliphatic rings. The Hall–Kier alpha value is -2.31. The number of nitrogens with zero attached hydrogens (tertiary/aromatic N) is 2. The van der Waals surface area contributed by atoms with Gasteiger partial charge in [0.05, 0.1) is 17.7 Å². The van der Waals surface area contributed by atoms with E-state index in [1.165, 1.54) is 4.90 Å². The third-order valence-electron chi connectivity index (χ3n) is 3.64. The zero-order chi connectivity index (χ0) is 15.7. The van der Waals surface area contributed by atoms with Crippen molar-refractivity contribution < 1.29 is 9.59 Å². The van der Waals surface area contributed by atoms with Crippen molar-refractivity contribution in [1.82, 2.24) is 4.90 Å². The molecule has 1 heterocycles. The molecule has 2 aromatic rings. The van der Waals surface area contributed by atoms with E-state index in [9.17, 15) is 9.59 Å². The van der Waals surface area contributed by atoms with Gasteiger partial charge in [0.25, 0.3) is 11.8 Å². The van der Waals surface area contributed by atoms with Crippen LogP contribution in [0.25, 0.3) is 0 Å². The summed E-state index contributed by atoms with van der Waals surface area (Å²) in [5, 5.41) is 0. The first-order chi connectivity index (χ1) is 10.6. The number of rotatable bonds is 3. The molecule has 0 saturated carbocycles. The maximum atomic E-state index is 12.3. The maximum absolute atomic E-state index is 12.3. The van der Waals surface area contributed by atoms with E-state index in [1.54, 1.807) is 24.3 Å². The molecule has 6 heteroatoms. The number of benzene rings is 2. The maximum Gasteiger partial charge on any atom is 0.261 e. The van der Waals surface area contributed by atoms with Crippen molar-refractivity contribution in [3.05, 3.63) is 65.2 Å². The highest BCUT2D eigenvalue weighted by molar-refractivity contribution is 7.86. The van der Waals surface area contributed by atoms with Crippen LogP contribution in [0.15, 0.2) is 57.9 Å². The lowest BCUT2D eigenvalue weighted by Crippen LogP contribution is -2.29. The van der Waals surface area contributed by atoms with E-state index >= 15 is 0 Å². The SMILES string of the molecule is CS(=NN)c1ccc(CN2C(=O)c3ccccc3C2=O)cc1. The summed E-state index contributed by atoms with van der Waals surface area (Å²) in [6, 6.07) is 14.5. The second-order valence-electron chi connectivity index (χ2n) is 4.97. The van der Waals surface area contributed by atoms with Gasteiger partial charge < -0.3 is 0 Å². The molecule has 0 bridgehead atoms. The third kappa shape index (κ3) is 2.47. The Labute approximate surface area is 130 Å². The molecule has 2 N–H and O–H groups in total. The summed E-state index contributed by atoms with van der Waals surface area (Å²) in [5.74, 6) is 4.82. The molecule has 0 aliphatic carbocycles. The fourth-order valence-corrected chi connectivity index (χ4v) is 3.07. The van der Waals surface area contributed by atoms with E-state index in [-0.39, 0.29) is 29.1 Å². The van der Waals surface area contributed by atoms with Crippen molar-refractivity contribution in [2.24, 2.45) is 10.3 Å². The largest absolute Gasteiger partial charge is 0.270 e. The first-order valence-electron chi connectivity index (χ1n) is 6.73. The standard InChI is InChI=1S/C16H15N3O2S/c1-22(18-17)12-8-6-11(7-9-12)10-19-15(20)13-4-2-3-5-14(13)16(19)21/h2-9H,10,17H2,1H3. The van der Waals surface area contributed by atoms with E-state index in [2.05, 4.69) is 4.47 Å². The Morgan fingerprint density at radius 1 is 1.00 bits per heavy atom. The highest BCUT2D eigenvalue weighted by Crippen LogP contribution is 2.24. The molecule has 1 unspecified atom stereocenters. The van der Waals surface area contributed by atoms with Gasteiger partial charge in [0, 0.05) is 4.90 Å². The lowest BCUT2D eigenvalue weighted by molar-refractivity contribution is 0.0642. The zero-order valence-corrected chi connectivity index (χ0v) is 12.8. The molecule has 1 aliphatic heterocycles. The van der Waals surface area contributed by atoms with E-state index in [4.69, 9.17) is 5.84 Å². The summed E-state index contributed by atoms with van der Waals surface area (Å²) < 4.78 is 3.75. The van der Waals surface area contributed by atoms with Gasteiger partial charge in [-0.15, -0.1) is 0 Å². The highest BCUT2D eigenvalue weighted by Gasteiger charge is 2.34. The van der Waals surface area contributed by atoms with Gasteiger partial charge in [-0.25, -0.2) is 5.84 Å². The van der Waals surface area contributed by atoms with Crippen LogP contribution in [0.4, 0.5) is 0 Å². The Morgan fingerprint density at radius 3 is 2.05 bits per heavy atom.